The molecule has 0 aliphatic rings. The van der Waals surface area contributed by atoms with Crippen molar-refractivity contribution in [3.63, 3.8) is 0 Å². The SMILES string of the molecule is C.COc1cccc(C=O)n1.Nc1ncc(C=O)s1. The van der Waals surface area contributed by atoms with Crippen molar-refractivity contribution in [1.29, 1.82) is 0 Å². The fourth-order valence-corrected chi connectivity index (χ4v) is 1.47. The average Bonchev–Trinajstić information content (AvgIpc) is 2.85. The molecule has 0 fully saturated rings. The van der Waals surface area contributed by atoms with Crippen molar-refractivity contribution in [1.82, 2.24) is 9.97 Å². The van der Waals surface area contributed by atoms with Crippen LogP contribution in [0.2, 0.25) is 0 Å². The monoisotopic (exact) mass is 281 g/mol. The summed E-state index contributed by atoms with van der Waals surface area (Å²) < 4.78 is 4.79. The normalized spacial score (nSPS) is 8.47. The molecule has 0 unspecified atom stereocenters. The van der Waals surface area contributed by atoms with E-state index in [1.807, 2.05) is 0 Å². The number of pyridine rings is 1. The maximum absolute atomic E-state index is 10.2. The Kier molecular flexibility index (Phi) is 7.71. The van der Waals surface area contributed by atoms with Crippen molar-refractivity contribution in [2.75, 3.05) is 12.8 Å². The summed E-state index contributed by atoms with van der Waals surface area (Å²) in [5.41, 5.74) is 5.59. The van der Waals surface area contributed by atoms with Crippen LogP contribution in [-0.4, -0.2) is 29.7 Å². The molecule has 2 aromatic heterocycles. The number of methoxy groups -OCH3 is 1. The van der Waals surface area contributed by atoms with Crippen molar-refractivity contribution in [2.45, 2.75) is 7.43 Å². The molecule has 2 N–H and O–H groups in total. The molecule has 0 spiro atoms. The number of carbonyl (C=O) groups excluding carboxylic acids is 2. The Bertz CT molecular complexity index is 528. The molecule has 0 saturated heterocycles. The van der Waals surface area contributed by atoms with Crippen molar-refractivity contribution >= 4 is 29.0 Å². The van der Waals surface area contributed by atoms with Gasteiger partial charge in [-0.15, -0.1) is 0 Å². The summed E-state index contributed by atoms with van der Waals surface area (Å²) in [6.45, 7) is 0. The van der Waals surface area contributed by atoms with Crippen LogP contribution in [0.1, 0.15) is 27.6 Å². The van der Waals surface area contributed by atoms with Crippen LogP contribution in [0.3, 0.4) is 0 Å². The van der Waals surface area contributed by atoms with Gasteiger partial charge in [-0.05, 0) is 6.07 Å². The fraction of sp³-hybridized carbons (Fsp3) is 0.167. The van der Waals surface area contributed by atoms with E-state index < -0.39 is 0 Å². The number of aldehydes is 2. The molecule has 0 aliphatic carbocycles. The Balaban J connectivity index is 0.000000331. The minimum atomic E-state index is 0. The number of anilines is 1. The van der Waals surface area contributed by atoms with Gasteiger partial charge in [0.2, 0.25) is 5.88 Å². The van der Waals surface area contributed by atoms with Gasteiger partial charge in [0.15, 0.2) is 17.7 Å². The summed E-state index contributed by atoms with van der Waals surface area (Å²) in [6, 6.07) is 5.03. The number of hydrogen-bond donors (Lipinski definition) is 1. The van der Waals surface area contributed by atoms with E-state index in [0.717, 1.165) is 6.29 Å². The van der Waals surface area contributed by atoms with Gasteiger partial charge < -0.3 is 10.5 Å². The number of aromatic nitrogens is 2. The van der Waals surface area contributed by atoms with E-state index in [1.165, 1.54) is 24.6 Å². The van der Waals surface area contributed by atoms with Crippen LogP contribution in [0.4, 0.5) is 5.13 Å². The molecular weight excluding hydrogens is 266 g/mol. The van der Waals surface area contributed by atoms with Crippen LogP contribution in [0.25, 0.3) is 0 Å². The number of hydrogen-bond acceptors (Lipinski definition) is 7. The molecule has 0 bridgehead atoms. The summed E-state index contributed by atoms with van der Waals surface area (Å²) in [7, 11) is 1.51. The average molecular weight is 281 g/mol. The predicted molar refractivity (Wildman–Crippen MR) is 74.8 cm³/mol. The number of nitrogens with two attached hydrogens (primary N) is 1. The second kappa shape index (κ2) is 8.76. The van der Waals surface area contributed by atoms with Crippen molar-refractivity contribution < 1.29 is 14.3 Å². The zero-order valence-corrected chi connectivity index (χ0v) is 10.4. The minimum Gasteiger partial charge on any atom is -0.481 e. The van der Waals surface area contributed by atoms with Crippen LogP contribution >= 0.6 is 11.3 Å². The van der Waals surface area contributed by atoms with E-state index in [9.17, 15) is 9.59 Å². The number of ether oxygens (including phenoxy) is 1. The molecule has 0 atom stereocenters. The number of carbonyl (C=O) groups is 2. The highest BCUT2D eigenvalue weighted by molar-refractivity contribution is 7.16. The third-order valence-electron chi connectivity index (χ3n) is 1.73. The number of nitrogen functional groups attached to an aromatic ring is 1. The number of nitrogens with zero attached hydrogens (tertiary/aromatic N) is 2. The lowest BCUT2D eigenvalue weighted by Gasteiger charge is -1.95. The minimum absolute atomic E-state index is 0. The second-order valence-electron chi connectivity index (χ2n) is 2.94. The summed E-state index contributed by atoms with van der Waals surface area (Å²) >= 11 is 1.19. The third kappa shape index (κ3) is 5.73. The van der Waals surface area contributed by atoms with Crippen LogP contribution in [0.15, 0.2) is 24.4 Å². The van der Waals surface area contributed by atoms with Crippen LogP contribution < -0.4 is 10.5 Å². The van der Waals surface area contributed by atoms with Gasteiger partial charge in [-0.2, -0.15) is 0 Å². The summed E-state index contributed by atoms with van der Waals surface area (Å²) in [4.78, 5) is 28.1. The molecule has 0 amide bonds. The molecule has 0 radical (unpaired) electrons. The van der Waals surface area contributed by atoms with Gasteiger partial charge in [0.05, 0.1) is 18.2 Å². The van der Waals surface area contributed by atoms with Crippen LogP contribution in [-0.2, 0) is 0 Å². The van der Waals surface area contributed by atoms with E-state index in [1.54, 1.807) is 18.2 Å². The zero-order chi connectivity index (χ0) is 13.4. The fourth-order valence-electron chi connectivity index (χ4n) is 0.965. The van der Waals surface area contributed by atoms with Crippen molar-refractivity contribution in [3.05, 3.63) is 35.0 Å². The quantitative estimate of drug-likeness (QED) is 0.865. The van der Waals surface area contributed by atoms with Gasteiger partial charge in [0.1, 0.15) is 5.69 Å². The topological polar surface area (TPSA) is 95.2 Å². The molecule has 19 heavy (non-hydrogen) atoms. The van der Waals surface area contributed by atoms with Crippen LogP contribution in [0, 0.1) is 0 Å². The van der Waals surface area contributed by atoms with Crippen molar-refractivity contribution in [3.8, 4) is 5.88 Å². The lowest BCUT2D eigenvalue weighted by atomic mass is 10.4. The molecule has 7 heteroatoms. The largest absolute Gasteiger partial charge is 0.481 e. The highest BCUT2D eigenvalue weighted by atomic mass is 32.1. The highest BCUT2D eigenvalue weighted by Crippen LogP contribution is 2.10. The molecule has 2 aromatic rings. The number of rotatable bonds is 3. The van der Waals surface area contributed by atoms with Crippen LogP contribution in [0.5, 0.6) is 5.88 Å². The first-order chi connectivity index (χ1) is 8.69. The van der Waals surface area contributed by atoms with Gasteiger partial charge in [-0.3, -0.25) is 9.59 Å². The van der Waals surface area contributed by atoms with Gasteiger partial charge in [-0.25, -0.2) is 9.97 Å². The maximum Gasteiger partial charge on any atom is 0.213 e. The van der Waals surface area contributed by atoms with E-state index in [0.29, 0.717) is 27.9 Å². The molecule has 102 valence electrons. The molecule has 0 saturated carbocycles. The number of thiazole rings is 1. The van der Waals surface area contributed by atoms with Gasteiger partial charge in [-0.1, -0.05) is 24.8 Å². The van der Waals surface area contributed by atoms with Gasteiger partial charge >= 0.3 is 0 Å². The first-order valence-corrected chi connectivity index (χ1v) is 5.64. The van der Waals surface area contributed by atoms with E-state index in [2.05, 4.69) is 9.97 Å². The highest BCUT2D eigenvalue weighted by Gasteiger charge is 1.93. The second-order valence-corrected chi connectivity index (χ2v) is 4.04. The van der Waals surface area contributed by atoms with E-state index in [4.69, 9.17) is 10.5 Å². The van der Waals surface area contributed by atoms with E-state index >= 15 is 0 Å². The Morgan fingerprint density at radius 3 is 2.47 bits per heavy atom. The van der Waals surface area contributed by atoms with Crippen molar-refractivity contribution in [2.24, 2.45) is 0 Å². The lowest BCUT2D eigenvalue weighted by Crippen LogP contribution is -1.90. The maximum atomic E-state index is 10.2. The Labute approximate surface area is 115 Å². The third-order valence-corrected chi connectivity index (χ3v) is 2.48. The molecular formula is C12H15N3O3S. The molecule has 6 nitrogen and oxygen atoms in total. The molecule has 2 rings (SSSR count). The Morgan fingerprint density at radius 1 is 1.32 bits per heavy atom. The van der Waals surface area contributed by atoms with E-state index in [-0.39, 0.29) is 7.43 Å². The Hall–Kier alpha value is -2.28. The first kappa shape index (κ1) is 16.7. The summed E-state index contributed by atoms with van der Waals surface area (Å²) in [5, 5.41) is 0.437. The predicted octanol–water partition coefficient (Wildman–Crippen LogP) is 2.08. The molecule has 0 aromatic carbocycles. The summed E-state index contributed by atoms with van der Waals surface area (Å²) in [5.74, 6) is 0.463. The molecule has 2 heterocycles. The van der Waals surface area contributed by atoms with Gasteiger partial charge in [0.25, 0.3) is 0 Å². The lowest BCUT2D eigenvalue weighted by molar-refractivity contribution is 0.111. The smallest absolute Gasteiger partial charge is 0.213 e. The molecule has 0 aliphatic heterocycles. The summed E-state index contributed by atoms with van der Waals surface area (Å²) in [6.07, 6.45) is 2.86. The Morgan fingerprint density at radius 2 is 2.05 bits per heavy atom. The standard InChI is InChI=1S/C7H7NO2.C4H4N2OS.CH4/c1-10-7-4-2-3-6(5-9)8-7;5-4-6-1-3(2-7)8-4;/h2-5H,1H3;1-2H,(H2,5,6);1H4. The zero-order valence-electron chi connectivity index (χ0n) is 9.57. The first-order valence-electron chi connectivity index (χ1n) is 4.82. The van der Waals surface area contributed by atoms with Gasteiger partial charge in [0, 0.05) is 6.07 Å².